The molecule has 0 aliphatic heterocycles. The Labute approximate surface area is 114 Å². The van der Waals surface area contributed by atoms with Crippen LogP contribution in [-0.2, 0) is 4.79 Å². The molecule has 19 heavy (non-hydrogen) atoms. The van der Waals surface area contributed by atoms with Crippen molar-refractivity contribution in [1.82, 2.24) is 10.2 Å². The molecule has 3 atom stereocenters. The number of amides is 2. The molecule has 2 rings (SSSR count). The molecular formula is C14H24N2O3. The highest BCUT2D eigenvalue weighted by Gasteiger charge is 2.39. The van der Waals surface area contributed by atoms with Crippen molar-refractivity contribution in [3.63, 3.8) is 0 Å². The zero-order chi connectivity index (χ0) is 14.0. The van der Waals surface area contributed by atoms with Crippen molar-refractivity contribution in [2.45, 2.75) is 45.6 Å². The summed E-state index contributed by atoms with van der Waals surface area (Å²) < 4.78 is 0. The fourth-order valence-electron chi connectivity index (χ4n) is 3.58. The zero-order valence-electron chi connectivity index (χ0n) is 11.8. The van der Waals surface area contributed by atoms with E-state index in [4.69, 9.17) is 5.11 Å². The van der Waals surface area contributed by atoms with Gasteiger partial charge in [-0.25, -0.2) is 4.79 Å². The third-order valence-corrected chi connectivity index (χ3v) is 4.59. The maximum Gasteiger partial charge on any atom is 0.323 e. The van der Waals surface area contributed by atoms with Crippen LogP contribution in [-0.4, -0.2) is 41.1 Å². The second-order valence-electron chi connectivity index (χ2n) is 6.24. The minimum atomic E-state index is -0.969. The Morgan fingerprint density at radius 2 is 2.05 bits per heavy atom. The Bertz CT molecular complexity index is 357. The summed E-state index contributed by atoms with van der Waals surface area (Å²) >= 11 is 0. The lowest BCUT2D eigenvalue weighted by Crippen LogP contribution is -2.47. The lowest BCUT2D eigenvalue weighted by atomic mass is 9.89. The molecule has 2 aliphatic carbocycles. The maximum atomic E-state index is 12.0. The molecule has 2 saturated carbocycles. The fraction of sp³-hybridized carbons (Fsp3) is 0.857. The van der Waals surface area contributed by atoms with Gasteiger partial charge in [0.25, 0.3) is 0 Å². The first-order valence-electron chi connectivity index (χ1n) is 7.23. The van der Waals surface area contributed by atoms with Gasteiger partial charge in [0, 0.05) is 12.6 Å². The largest absolute Gasteiger partial charge is 0.480 e. The predicted octanol–water partition coefficient (Wildman–Crippen LogP) is 1.93. The number of carbonyl (C=O) groups excluding carboxylic acids is 1. The highest BCUT2D eigenvalue weighted by Crippen LogP contribution is 2.47. The van der Waals surface area contributed by atoms with Crippen LogP contribution in [0.5, 0.6) is 0 Å². The van der Waals surface area contributed by atoms with Crippen molar-refractivity contribution in [1.29, 1.82) is 0 Å². The van der Waals surface area contributed by atoms with Gasteiger partial charge in [-0.2, -0.15) is 0 Å². The van der Waals surface area contributed by atoms with Gasteiger partial charge in [0.15, 0.2) is 0 Å². The van der Waals surface area contributed by atoms with Gasteiger partial charge < -0.3 is 15.3 Å². The number of hydrogen-bond acceptors (Lipinski definition) is 2. The van der Waals surface area contributed by atoms with E-state index >= 15 is 0 Å². The summed E-state index contributed by atoms with van der Waals surface area (Å²) in [5, 5.41) is 11.7. The summed E-state index contributed by atoms with van der Waals surface area (Å²) in [6.07, 6.45) is 5.20. The highest BCUT2D eigenvalue weighted by atomic mass is 16.4. The quantitative estimate of drug-likeness (QED) is 0.800. The minimum Gasteiger partial charge on any atom is -0.480 e. The third-order valence-electron chi connectivity index (χ3n) is 4.59. The van der Waals surface area contributed by atoms with Crippen molar-refractivity contribution >= 4 is 12.0 Å². The number of nitrogens with one attached hydrogen (secondary N) is 1. The molecule has 0 aromatic heterocycles. The Morgan fingerprint density at radius 1 is 1.32 bits per heavy atom. The monoisotopic (exact) mass is 268 g/mol. The van der Waals surface area contributed by atoms with E-state index < -0.39 is 5.97 Å². The van der Waals surface area contributed by atoms with E-state index in [1.165, 1.54) is 30.6 Å². The molecule has 108 valence electrons. The average molecular weight is 268 g/mol. The van der Waals surface area contributed by atoms with E-state index in [-0.39, 0.29) is 18.6 Å². The lowest BCUT2D eigenvalue weighted by Gasteiger charge is -2.27. The van der Waals surface area contributed by atoms with Crippen LogP contribution in [0.2, 0.25) is 0 Å². The fourth-order valence-corrected chi connectivity index (χ4v) is 3.58. The Hall–Kier alpha value is -1.26. The summed E-state index contributed by atoms with van der Waals surface area (Å²) in [5.41, 5.74) is 0. The van der Waals surface area contributed by atoms with Gasteiger partial charge in [0.2, 0.25) is 0 Å². The Balaban J connectivity index is 1.80. The standard InChI is InChI=1S/C14H24N2O3/c1-9(2)16(8-13(17)18)14(19)15-7-12-6-10-3-4-11(12)5-10/h9-12H,3-8H2,1-2H3,(H,15,19)(H,17,18). The van der Waals surface area contributed by atoms with E-state index in [1.807, 2.05) is 13.8 Å². The highest BCUT2D eigenvalue weighted by molar-refractivity contribution is 5.80. The van der Waals surface area contributed by atoms with Crippen LogP contribution in [0.15, 0.2) is 0 Å². The van der Waals surface area contributed by atoms with Crippen LogP contribution < -0.4 is 5.32 Å². The molecule has 0 aromatic carbocycles. The van der Waals surface area contributed by atoms with Gasteiger partial charge in [-0.15, -0.1) is 0 Å². The summed E-state index contributed by atoms with van der Waals surface area (Å²) in [6, 6.07) is -0.351. The van der Waals surface area contributed by atoms with E-state index in [0.29, 0.717) is 12.5 Å². The summed E-state index contributed by atoms with van der Waals surface area (Å²) in [5.74, 6) is 1.27. The van der Waals surface area contributed by atoms with Crippen molar-refractivity contribution in [3.8, 4) is 0 Å². The third kappa shape index (κ3) is 3.39. The van der Waals surface area contributed by atoms with Crippen molar-refractivity contribution in [2.75, 3.05) is 13.1 Å². The summed E-state index contributed by atoms with van der Waals surface area (Å²) in [6.45, 7) is 4.13. The van der Waals surface area contributed by atoms with Crippen molar-refractivity contribution in [2.24, 2.45) is 17.8 Å². The van der Waals surface area contributed by atoms with Crippen molar-refractivity contribution in [3.05, 3.63) is 0 Å². The number of carboxylic acids is 1. The van der Waals surface area contributed by atoms with Crippen LogP contribution in [0.25, 0.3) is 0 Å². The van der Waals surface area contributed by atoms with Gasteiger partial charge in [0.1, 0.15) is 6.54 Å². The second kappa shape index (κ2) is 5.80. The molecule has 5 nitrogen and oxygen atoms in total. The van der Waals surface area contributed by atoms with E-state index in [9.17, 15) is 9.59 Å². The molecule has 0 aromatic rings. The number of rotatable bonds is 5. The first kappa shape index (κ1) is 14.2. The summed E-state index contributed by atoms with van der Waals surface area (Å²) in [7, 11) is 0. The predicted molar refractivity (Wildman–Crippen MR) is 71.8 cm³/mol. The lowest BCUT2D eigenvalue weighted by molar-refractivity contribution is -0.138. The van der Waals surface area contributed by atoms with E-state index in [0.717, 1.165) is 11.8 Å². The number of carboxylic acid groups (broad SMARTS) is 1. The average Bonchev–Trinajstić information content (AvgIpc) is 2.94. The smallest absolute Gasteiger partial charge is 0.323 e. The number of hydrogen-bond donors (Lipinski definition) is 2. The topological polar surface area (TPSA) is 69.6 Å². The molecule has 5 heteroatoms. The molecule has 0 saturated heterocycles. The molecule has 2 N–H and O–H groups in total. The van der Waals surface area contributed by atoms with E-state index in [2.05, 4.69) is 5.32 Å². The van der Waals surface area contributed by atoms with Gasteiger partial charge in [0.05, 0.1) is 0 Å². The number of urea groups is 1. The van der Waals surface area contributed by atoms with Crippen LogP contribution in [0, 0.1) is 17.8 Å². The van der Waals surface area contributed by atoms with Gasteiger partial charge in [-0.3, -0.25) is 4.79 Å². The SMILES string of the molecule is CC(C)N(CC(=O)O)C(=O)NCC1CC2CCC1C2. The molecular weight excluding hydrogens is 244 g/mol. The van der Waals surface area contributed by atoms with Gasteiger partial charge >= 0.3 is 12.0 Å². The Kier molecular flexibility index (Phi) is 4.32. The van der Waals surface area contributed by atoms with Crippen LogP contribution in [0.4, 0.5) is 4.79 Å². The number of nitrogens with zero attached hydrogens (tertiary/aromatic N) is 1. The van der Waals surface area contributed by atoms with Crippen LogP contribution in [0.3, 0.4) is 0 Å². The van der Waals surface area contributed by atoms with Gasteiger partial charge in [-0.05, 0) is 50.9 Å². The van der Waals surface area contributed by atoms with Crippen molar-refractivity contribution < 1.29 is 14.7 Å². The molecule has 0 radical (unpaired) electrons. The van der Waals surface area contributed by atoms with Crippen LogP contribution in [0.1, 0.15) is 39.5 Å². The second-order valence-corrected chi connectivity index (χ2v) is 6.24. The zero-order valence-corrected chi connectivity index (χ0v) is 11.8. The van der Waals surface area contributed by atoms with E-state index in [1.54, 1.807) is 0 Å². The summed E-state index contributed by atoms with van der Waals surface area (Å²) in [4.78, 5) is 24.2. The molecule has 2 bridgehead atoms. The minimum absolute atomic E-state index is 0.101. The normalized spacial score (nSPS) is 28.7. The molecule has 2 amide bonds. The molecule has 0 spiro atoms. The first-order valence-corrected chi connectivity index (χ1v) is 7.23. The molecule has 2 fully saturated rings. The number of aliphatic carboxylic acids is 1. The maximum absolute atomic E-state index is 12.0. The molecule has 3 unspecified atom stereocenters. The number of fused-ring (bicyclic) bond motifs is 2. The van der Waals surface area contributed by atoms with Gasteiger partial charge in [-0.1, -0.05) is 6.42 Å². The molecule has 0 heterocycles. The number of carbonyl (C=O) groups is 2. The molecule has 2 aliphatic rings. The van der Waals surface area contributed by atoms with Crippen LogP contribution >= 0.6 is 0 Å². The Morgan fingerprint density at radius 3 is 2.53 bits per heavy atom. The first-order chi connectivity index (χ1) is 8.97.